The molecule has 0 aliphatic carbocycles. The smallest absolute Gasteiger partial charge is 0.257 e. The predicted molar refractivity (Wildman–Crippen MR) is 73.0 cm³/mol. The van der Waals surface area contributed by atoms with E-state index in [1.165, 1.54) is 13.1 Å². The lowest BCUT2D eigenvalue weighted by Gasteiger charge is -2.12. The van der Waals surface area contributed by atoms with Crippen molar-refractivity contribution in [2.75, 3.05) is 19.4 Å². The fourth-order valence-electron chi connectivity index (χ4n) is 1.36. The summed E-state index contributed by atoms with van der Waals surface area (Å²) in [5.74, 6) is -0.156. The maximum Gasteiger partial charge on any atom is 0.257 e. The van der Waals surface area contributed by atoms with E-state index < -0.39 is 0 Å². The van der Waals surface area contributed by atoms with Gasteiger partial charge in [0.2, 0.25) is 0 Å². The van der Waals surface area contributed by atoms with E-state index in [1.807, 2.05) is 13.8 Å². The summed E-state index contributed by atoms with van der Waals surface area (Å²) < 4.78 is 5.27. The number of nitrogen functional groups attached to an aromatic ring is 1. The minimum absolute atomic E-state index is 0.0419. The number of hydrogen-bond acceptors (Lipinski definition) is 4. The molecule has 1 aromatic rings. The summed E-state index contributed by atoms with van der Waals surface area (Å²) in [5, 5.41) is 5.20. The number of hydrogen-bond donors (Lipinski definition) is 3. The van der Waals surface area contributed by atoms with Crippen LogP contribution in [0.2, 0.25) is 0 Å². The van der Waals surface area contributed by atoms with Crippen molar-refractivity contribution >= 4 is 17.5 Å². The molecule has 1 aromatic carbocycles. The van der Waals surface area contributed by atoms with E-state index in [1.54, 1.807) is 12.1 Å². The molecule has 1 rings (SSSR count). The van der Waals surface area contributed by atoms with Gasteiger partial charge in [0.1, 0.15) is 5.75 Å². The van der Waals surface area contributed by atoms with Crippen LogP contribution in [0, 0.1) is 0 Å². The fourth-order valence-corrected chi connectivity index (χ4v) is 1.36. The molecular weight excluding hydrogens is 246 g/mol. The van der Waals surface area contributed by atoms with Crippen molar-refractivity contribution in [2.45, 2.75) is 19.9 Å². The summed E-state index contributed by atoms with van der Waals surface area (Å²) >= 11 is 0. The van der Waals surface area contributed by atoms with Gasteiger partial charge in [0.05, 0.1) is 5.69 Å². The summed E-state index contributed by atoms with van der Waals surface area (Å²) in [6.45, 7) is 3.60. The van der Waals surface area contributed by atoms with Crippen LogP contribution in [0.5, 0.6) is 5.75 Å². The average Bonchev–Trinajstić information content (AvgIpc) is 2.36. The quantitative estimate of drug-likeness (QED) is 0.677. The molecule has 0 spiro atoms. The molecule has 0 radical (unpaired) electrons. The molecule has 0 fully saturated rings. The van der Waals surface area contributed by atoms with Crippen LogP contribution in [-0.2, 0) is 4.79 Å². The second-order valence-electron chi connectivity index (χ2n) is 4.34. The zero-order valence-corrected chi connectivity index (χ0v) is 11.3. The summed E-state index contributed by atoms with van der Waals surface area (Å²) in [6, 6.07) is 4.75. The van der Waals surface area contributed by atoms with Gasteiger partial charge in [-0.25, -0.2) is 0 Å². The molecule has 6 nitrogen and oxygen atoms in total. The summed E-state index contributed by atoms with van der Waals surface area (Å²) in [7, 11) is 1.52. The Kier molecular flexibility index (Phi) is 5.17. The maximum absolute atomic E-state index is 11.8. The topological polar surface area (TPSA) is 93.4 Å². The van der Waals surface area contributed by atoms with Gasteiger partial charge in [-0.05, 0) is 32.0 Å². The SMILES string of the molecule is CNC(=O)COc1cc(C(=O)NC(C)C)ccc1N. The molecule has 19 heavy (non-hydrogen) atoms. The first kappa shape index (κ1) is 14.8. The van der Waals surface area contributed by atoms with E-state index >= 15 is 0 Å². The molecule has 0 unspecified atom stereocenters. The van der Waals surface area contributed by atoms with Crippen LogP contribution in [0.15, 0.2) is 18.2 Å². The minimum Gasteiger partial charge on any atom is -0.482 e. The van der Waals surface area contributed by atoms with E-state index in [0.717, 1.165) is 0 Å². The molecule has 6 heteroatoms. The van der Waals surface area contributed by atoms with Crippen LogP contribution in [-0.4, -0.2) is 31.5 Å². The van der Waals surface area contributed by atoms with Crippen molar-refractivity contribution in [2.24, 2.45) is 0 Å². The average molecular weight is 265 g/mol. The first-order valence-corrected chi connectivity index (χ1v) is 5.97. The van der Waals surface area contributed by atoms with Gasteiger partial charge in [-0.1, -0.05) is 0 Å². The summed E-state index contributed by atoms with van der Waals surface area (Å²) in [5.41, 5.74) is 6.55. The van der Waals surface area contributed by atoms with Gasteiger partial charge in [-0.2, -0.15) is 0 Å². The molecule has 0 saturated heterocycles. The van der Waals surface area contributed by atoms with Crippen LogP contribution < -0.4 is 21.1 Å². The van der Waals surface area contributed by atoms with E-state index in [9.17, 15) is 9.59 Å². The van der Waals surface area contributed by atoms with Gasteiger partial charge in [0.15, 0.2) is 6.61 Å². The van der Waals surface area contributed by atoms with Crippen molar-refractivity contribution in [3.63, 3.8) is 0 Å². The second-order valence-corrected chi connectivity index (χ2v) is 4.34. The maximum atomic E-state index is 11.8. The number of rotatable bonds is 5. The van der Waals surface area contributed by atoms with E-state index in [2.05, 4.69) is 10.6 Å². The van der Waals surface area contributed by atoms with Gasteiger partial charge in [-0.15, -0.1) is 0 Å². The van der Waals surface area contributed by atoms with Crippen LogP contribution in [0.25, 0.3) is 0 Å². The molecule has 0 aliphatic rings. The number of anilines is 1. The summed E-state index contributed by atoms with van der Waals surface area (Å²) in [4.78, 5) is 22.9. The lowest BCUT2D eigenvalue weighted by Crippen LogP contribution is -2.30. The van der Waals surface area contributed by atoms with Crippen LogP contribution in [0.1, 0.15) is 24.2 Å². The first-order chi connectivity index (χ1) is 8.93. The molecule has 0 saturated carbocycles. The Balaban J connectivity index is 2.82. The van der Waals surface area contributed by atoms with Crippen LogP contribution in [0.4, 0.5) is 5.69 Å². The van der Waals surface area contributed by atoms with Crippen LogP contribution >= 0.6 is 0 Å². The van der Waals surface area contributed by atoms with Crippen molar-refractivity contribution < 1.29 is 14.3 Å². The molecule has 0 aliphatic heterocycles. The van der Waals surface area contributed by atoms with E-state index in [-0.39, 0.29) is 24.5 Å². The van der Waals surface area contributed by atoms with Crippen LogP contribution in [0.3, 0.4) is 0 Å². The highest BCUT2D eigenvalue weighted by Gasteiger charge is 2.11. The fraction of sp³-hybridized carbons (Fsp3) is 0.385. The third-order valence-electron chi connectivity index (χ3n) is 2.33. The number of ether oxygens (including phenoxy) is 1. The third kappa shape index (κ3) is 4.50. The lowest BCUT2D eigenvalue weighted by molar-refractivity contribution is -0.122. The monoisotopic (exact) mass is 265 g/mol. The van der Waals surface area contributed by atoms with Crippen molar-refractivity contribution in [3.8, 4) is 5.75 Å². The Bertz CT molecular complexity index is 472. The summed E-state index contributed by atoms with van der Waals surface area (Å²) in [6.07, 6.45) is 0. The Morgan fingerprint density at radius 3 is 2.63 bits per heavy atom. The normalized spacial score (nSPS) is 10.1. The number of carbonyl (C=O) groups excluding carboxylic acids is 2. The van der Waals surface area contributed by atoms with Crippen molar-refractivity contribution in [1.82, 2.24) is 10.6 Å². The molecule has 104 valence electrons. The Morgan fingerprint density at radius 2 is 2.05 bits per heavy atom. The largest absolute Gasteiger partial charge is 0.482 e. The van der Waals surface area contributed by atoms with Gasteiger partial charge in [0.25, 0.3) is 11.8 Å². The van der Waals surface area contributed by atoms with Gasteiger partial charge in [-0.3, -0.25) is 9.59 Å². The van der Waals surface area contributed by atoms with E-state index in [0.29, 0.717) is 17.0 Å². The van der Waals surface area contributed by atoms with Gasteiger partial charge >= 0.3 is 0 Å². The highest BCUT2D eigenvalue weighted by atomic mass is 16.5. The first-order valence-electron chi connectivity index (χ1n) is 5.97. The minimum atomic E-state index is -0.267. The highest BCUT2D eigenvalue weighted by Crippen LogP contribution is 2.22. The number of nitrogens with two attached hydrogens (primary N) is 1. The lowest BCUT2D eigenvalue weighted by atomic mass is 10.1. The zero-order valence-electron chi connectivity index (χ0n) is 11.3. The predicted octanol–water partition coefficient (Wildman–Crippen LogP) is 0.532. The molecule has 0 aromatic heterocycles. The Morgan fingerprint density at radius 1 is 1.37 bits per heavy atom. The number of benzene rings is 1. The number of likely N-dealkylation sites (N-methyl/N-ethyl adjacent to an activating group) is 1. The number of nitrogens with one attached hydrogen (secondary N) is 2. The molecule has 4 N–H and O–H groups in total. The third-order valence-corrected chi connectivity index (χ3v) is 2.33. The zero-order chi connectivity index (χ0) is 14.4. The Hall–Kier alpha value is -2.24. The van der Waals surface area contributed by atoms with E-state index in [4.69, 9.17) is 10.5 Å². The molecule has 0 atom stereocenters. The molecule has 2 amide bonds. The Labute approximate surface area is 112 Å². The van der Waals surface area contributed by atoms with Crippen molar-refractivity contribution in [1.29, 1.82) is 0 Å². The number of carbonyl (C=O) groups is 2. The van der Waals surface area contributed by atoms with Gasteiger partial charge < -0.3 is 21.1 Å². The van der Waals surface area contributed by atoms with Gasteiger partial charge in [0, 0.05) is 18.7 Å². The number of amides is 2. The highest BCUT2D eigenvalue weighted by molar-refractivity contribution is 5.95. The second kappa shape index (κ2) is 6.63. The molecule has 0 bridgehead atoms. The molecular formula is C13H19N3O3. The standard InChI is InChI=1S/C13H19N3O3/c1-8(2)16-13(18)9-4-5-10(14)11(6-9)19-7-12(17)15-3/h4-6,8H,7,14H2,1-3H3,(H,15,17)(H,16,18). The van der Waals surface area contributed by atoms with Crippen molar-refractivity contribution in [3.05, 3.63) is 23.8 Å². The molecule has 0 heterocycles.